The molecule has 1 rings (SSSR count). The van der Waals surface area contributed by atoms with Gasteiger partial charge >= 0.3 is 13.7 Å². The zero-order valence-corrected chi connectivity index (χ0v) is 13.3. The molecule has 8 heteroatoms. The number of carbonyl (C=O) groups is 1. The molecule has 0 radical (unpaired) electrons. The highest BCUT2D eigenvalue weighted by Gasteiger charge is 2.23. The van der Waals surface area contributed by atoms with E-state index in [0.29, 0.717) is 5.56 Å². The second-order valence-corrected chi connectivity index (χ2v) is 6.17. The summed E-state index contributed by atoms with van der Waals surface area (Å²) in [5, 5.41) is 6.09. The van der Waals surface area contributed by atoms with Crippen molar-refractivity contribution in [3.05, 3.63) is 35.9 Å². The summed E-state index contributed by atoms with van der Waals surface area (Å²) in [6, 6.07) is 8.68. The fraction of sp³-hybridized carbons (Fsp3) is 0.385. The Morgan fingerprint density at radius 1 is 1.19 bits per heavy atom. The van der Waals surface area contributed by atoms with E-state index in [1.807, 2.05) is 0 Å². The normalized spacial score (nSPS) is 12.3. The van der Waals surface area contributed by atoms with Crippen molar-refractivity contribution in [3.63, 3.8) is 0 Å². The van der Waals surface area contributed by atoms with Crippen LogP contribution in [-0.4, -0.2) is 32.0 Å². The minimum atomic E-state index is -3.57. The van der Waals surface area contributed by atoms with Crippen LogP contribution in [0.5, 0.6) is 0 Å². The Kier molecular flexibility index (Phi) is 6.55. The number of ether oxygens (including phenoxy) is 1. The number of nitrogens with one attached hydrogen (secondary N) is 1. The molecule has 0 aliphatic carbocycles. The Bertz CT molecular complexity index is 537. The van der Waals surface area contributed by atoms with Crippen molar-refractivity contribution in [2.75, 3.05) is 14.2 Å². The molecule has 0 unspecified atom stereocenters. The third kappa shape index (κ3) is 5.30. The highest BCUT2D eigenvalue weighted by atomic mass is 31.2. The van der Waals surface area contributed by atoms with Crippen molar-refractivity contribution in [3.8, 4) is 0 Å². The summed E-state index contributed by atoms with van der Waals surface area (Å²) in [7, 11) is -1.16. The molecular weight excluding hydrogens is 295 g/mol. The zero-order chi connectivity index (χ0) is 15.9. The lowest BCUT2D eigenvalue weighted by atomic mass is 10.1. The molecule has 7 nitrogen and oxygen atoms in total. The molecule has 0 heterocycles. The molecule has 1 aromatic carbocycles. The van der Waals surface area contributed by atoms with Crippen molar-refractivity contribution in [1.82, 2.24) is 5.20 Å². The SMILES string of the molecule is COP(=O)(N/N=C(/C(=O)OC(C)C)c1ccccc1)OC. The molecule has 0 aliphatic rings. The molecule has 0 spiro atoms. The number of hydrazone groups is 1. The minimum Gasteiger partial charge on any atom is -0.458 e. The van der Waals surface area contributed by atoms with Gasteiger partial charge < -0.3 is 4.74 Å². The second kappa shape index (κ2) is 7.93. The lowest BCUT2D eigenvalue weighted by Crippen LogP contribution is -2.24. The van der Waals surface area contributed by atoms with Crippen LogP contribution in [0, 0.1) is 0 Å². The van der Waals surface area contributed by atoms with Crippen molar-refractivity contribution >= 4 is 19.4 Å². The van der Waals surface area contributed by atoms with Crippen LogP contribution >= 0.6 is 7.75 Å². The summed E-state index contributed by atoms with van der Waals surface area (Å²) in [6.45, 7) is 3.45. The molecule has 1 N–H and O–H groups in total. The van der Waals surface area contributed by atoms with E-state index >= 15 is 0 Å². The zero-order valence-electron chi connectivity index (χ0n) is 12.4. The quantitative estimate of drug-likeness (QED) is 0.360. The largest absolute Gasteiger partial charge is 0.458 e. The molecule has 0 saturated carbocycles. The van der Waals surface area contributed by atoms with E-state index in [-0.39, 0.29) is 11.8 Å². The van der Waals surface area contributed by atoms with Gasteiger partial charge in [0, 0.05) is 19.8 Å². The number of hydrogen-bond acceptors (Lipinski definition) is 6. The number of rotatable bonds is 7. The van der Waals surface area contributed by atoms with Crippen LogP contribution in [0.4, 0.5) is 0 Å². The summed E-state index contributed by atoms with van der Waals surface area (Å²) in [5.41, 5.74) is 0.507. The predicted octanol–water partition coefficient (Wildman–Crippen LogP) is 2.33. The predicted molar refractivity (Wildman–Crippen MR) is 79.0 cm³/mol. The maximum Gasteiger partial charge on any atom is 0.447 e. The van der Waals surface area contributed by atoms with Crippen LogP contribution in [0.15, 0.2) is 35.4 Å². The van der Waals surface area contributed by atoms with Gasteiger partial charge in [-0.15, -0.1) is 0 Å². The summed E-state index contributed by atoms with van der Waals surface area (Å²) in [6.07, 6.45) is -0.303. The second-order valence-electron chi connectivity index (χ2n) is 4.24. The smallest absolute Gasteiger partial charge is 0.447 e. The highest BCUT2D eigenvalue weighted by molar-refractivity contribution is 7.51. The van der Waals surface area contributed by atoms with Gasteiger partial charge in [0.25, 0.3) is 0 Å². The number of nitrogens with zero attached hydrogens (tertiary/aromatic N) is 1. The van der Waals surface area contributed by atoms with E-state index in [9.17, 15) is 9.36 Å². The first-order chi connectivity index (χ1) is 9.91. The summed E-state index contributed by atoms with van der Waals surface area (Å²) < 4.78 is 26.4. The first kappa shape index (κ1) is 17.4. The summed E-state index contributed by atoms with van der Waals surface area (Å²) in [4.78, 5) is 12.1. The fourth-order valence-electron chi connectivity index (χ4n) is 1.36. The molecule has 0 saturated heterocycles. The minimum absolute atomic E-state index is 0.0152. The number of carbonyl (C=O) groups excluding carboxylic acids is 1. The molecule has 0 atom stereocenters. The Labute approximate surface area is 123 Å². The Hall–Kier alpha value is -1.69. The van der Waals surface area contributed by atoms with E-state index in [4.69, 9.17) is 13.8 Å². The Morgan fingerprint density at radius 2 is 1.76 bits per heavy atom. The lowest BCUT2D eigenvalue weighted by Gasteiger charge is -2.14. The van der Waals surface area contributed by atoms with Gasteiger partial charge in [0.2, 0.25) is 0 Å². The topological polar surface area (TPSA) is 86.2 Å². The Morgan fingerprint density at radius 3 is 2.24 bits per heavy atom. The van der Waals surface area contributed by atoms with Crippen molar-refractivity contribution < 1.29 is 23.1 Å². The van der Waals surface area contributed by atoms with Gasteiger partial charge in [0.1, 0.15) is 0 Å². The molecule has 0 aliphatic heterocycles. The average Bonchev–Trinajstić information content (AvgIpc) is 2.47. The van der Waals surface area contributed by atoms with E-state index in [1.54, 1.807) is 44.2 Å². The van der Waals surface area contributed by atoms with Gasteiger partial charge in [0.15, 0.2) is 5.71 Å². The molecular formula is C13H19N2O5P. The molecule has 0 amide bonds. The van der Waals surface area contributed by atoms with Crippen molar-refractivity contribution in [1.29, 1.82) is 0 Å². The van der Waals surface area contributed by atoms with E-state index in [0.717, 1.165) is 0 Å². The van der Waals surface area contributed by atoms with Gasteiger partial charge in [-0.05, 0) is 13.8 Å². The van der Waals surface area contributed by atoms with Gasteiger partial charge in [0.05, 0.1) is 6.10 Å². The van der Waals surface area contributed by atoms with Gasteiger partial charge in [-0.25, -0.2) is 14.6 Å². The average molecular weight is 314 g/mol. The number of hydrogen-bond donors (Lipinski definition) is 1. The van der Waals surface area contributed by atoms with Gasteiger partial charge in [-0.2, -0.15) is 5.10 Å². The summed E-state index contributed by atoms with van der Waals surface area (Å²) in [5.74, 6) is -0.637. The maximum absolute atomic E-state index is 12.1. The third-order valence-corrected chi connectivity index (χ3v) is 3.65. The summed E-state index contributed by atoms with van der Waals surface area (Å²) >= 11 is 0. The van der Waals surface area contributed by atoms with Crippen LogP contribution < -0.4 is 5.20 Å². The number of benzene rings is 1. The molecule has 21 heavy (non-hydrogen) atoms. The first-order valence-electron chi connectivity index (χ1n) is 6.24. The lowest BCUT2D eigenvalue weighted by molar-refractivity contribution is -0.138. The molecule has 0 aromatic heterocycles. The monoisotopic (exact) mass is 314 g/mol. The first-order valence-corrected chi connectivity index (χ1v) is 7.79. The fourth-order valence-corrected chi connectivity index (χ4v) is 1.90. The van der Waals surface area contributed by atoms with Crippen molar-refractivity contribution in [2.45, 2.75) is 20.0 Å². The highest BCUT2D eigenvalue weighted by Crippen LogP contribution is 2.41. The molecule has 1 aromatic rings. The number of esters is 1. The molecule has 116 valence electrons. The van der Waals surface area contributed by atoms with Gasteiger partial charge in [-0.3, -0.25) is 9.05 Å². The van der Waals surface area contributed by atoms with Gasteiger partial charge in [-0.1, -0.05) is 30.3 Å². The van der Waals surface area contributed by atoms with Crippen LogP contribution in [0.2, 0.25) is 0 Å². The van der Waals surface area contributed by atoms with E-state index in [1.165, 1.54) is 14.2 Å². The Balaban J connectivity index is 3.08. The maximum atomic E-state index is 12.1. The molecule has 0 fully saturated rings. The van der Waals surface area contributed by atoms with Crippen LogP contribution in [0.1, 0.15) is 19.4 Å². The van der Waals surface area contributed by atoms with E-state index in [2.05, 4.69) is 10.3 Å². The van der Waals surface area contributed by atoms with E-state index < -0.39 is 13.7 Å². The third-order valence-electron chi connectivity index (χ3n) is 2.35. The van der Waals surface area contributed by atoms with Crippen LogP contribution in [0.3, 0.4) is 0 Å². The standard InChI is InChI=1S/C13H19N2O5P/c1-10(2)20-13(16)12(11-8-6-5-7-9-11)14-15-21(17,18-3)19-4/h5-10H,1-4H3,(H,15,17)/b14-12+. The van der Waals surface area contributed by atoms with Crippen LogP contribution in [-0.2, 0) is 23.1 Å². The molecule has 0 bridgehead atoms. The van der Waals surface area contributed by atoms with Crippen molar-refractivity contribution in [2.24, 2.45) is 5.10 Å². The van der Waals surface area contributed by atoms with Crippen LogP contribution in [0.25, 0.3) is 0 Å².